The predicted octanol–water partition coefficient (Wildman–Crippen LogP) is 4.08. The number of rotatable bonds is 1. The Morgan fingerprint density at radius 2 is 1.92 bits per heavy atom. The van der Waals surface area contributed by atoms with Crippen LogP contribution in [0.3, 0.4) is 0 Å². The van der Waals surface area contributed by atoms with Gasteiger partial charge >= 0.3 is 5.97 Å². The van der Waals surface area contributed by atoms with Crippen LogP contribution in [0.25, 0.3) is 0 Å². The maximum atomic E-state index is 12.9. The van der Waals surface area contributed by atoms with Crippen molar-refractivity contribution in [3.63, 3.8) is 0 Å². The first kappa shape index (κ1) is 16.4. The van der Waals surface area contributed by atoms with E-state index in [1.54, 1.807) is 5.57 Å². The summed E-state index contributed by atoms with van der Waals surface area (Å²) >= 11 is 0. The lowest BCUT2D eigenvalue weighted by atomic mass is 9.47. The Balaban J connectivity index is 1.49. The predicted molar refractivity (Wildman–Crippen MR) is 97.9 cm³/mol. The molecule has 4 aliphatic carbocycles. The van der Waals surface area contributed by atoms with E-state index >= 15 is 0 Å². The molecule has 3 saturated carbocycles. The van der Waals surface area contributed by atoms with Crippen molar-refractivity contribution in [1.29, 1.82) is 0 Å². The van der Waals surface area contributed by atoms with Crippen LogP contribution in [0.2, 0.25) is 0 Å². The third-order valence-electron chi connectivity index (χ3n) is 9.33. The second-order valence-corrected chi connectivity index (χ2v) is 9.86. The Bertz CT molecular complexity index is 628. The highest BCUT2D eigenvalue weighted by Crippen LogP contribution is 2.68. The number of cyclic esters (lactones) is 1. The van der Waals surface area contributed by atoms with Gasteiger partial charge in [-0.1, -0.05) is 18.6 Å². The molecule has 5 aliphatic rings. The first-order valence-corrected chi connectivity index (χ1v) is 10.6. The number of hydrogen-bond acceptors (Lipinski definition) is 3. The molecule has 0 aromatic carbocycles. The maximum Gasteiger partial charge on any atom is 0.313 e. The van der Waals surface area contributed by atoms with Gasteiger partial charge in [0.2, 0.25) is 0 Å². The van der Waals surface area contributed by atoms with E-state index < -0.39 is 0 Å². The van der Waals surface area contributed by atoms with Gasteiger partial charge in [-0.15, -0.1) is 0 Å². The lowest BCUT2D eigenvalue weighted by Crippen LogP contribution is -2.53. The topological polar surface area (TPSA) is 38.3 Å². The van der Waals surface area contributed by atoms with Gasteiger partial charge in [0.05, 0.1) is 5.41 Å². The summed E-state index contributed by atoms with van der Waals surface area (Å²) in [5, 5.41) is 3.50. The summed E-state index contributed by atoms with van der Waals surface area (Å²) in [6.07, 6.45) is 12.6. The van der Waals surface area contributed by atoms with Crippen molar-refractivity contribution in [3.05, 3.63) is 11.6 Å². The molecule has 1 saturated heterocycles. The van der Waals surface area contributed by atoms with Gasteiger partial charge < -0.3 is 10.1 Å². The van der Waals surface area contributed by atoms with Gasteiger partial charge in [-0.05, 0) is 88.5 Å². The highest BCUT2D eigenvalue weighted by Gasteiger charge is 2.68. The minimum atomic E-state index is -0.121. The van der Waals surface area contributed by atoms with E-state index in [0.29, 0.717) is 29.2 Å². The van der Waals surface area contributed by atoms with Crippen LogP contribution in [0.1, 0.15) is 65.2 Å². The molecule has 0 radical (unpaired) electrons. The molecular weight excluding hydrogens is 310 g/mol. The molecule has 25 heavy (non-hydrogen) atoms. The first-order chi connectivity index (χ1) is 12.0. The maximum absolute atomic E-state index is 12.9. The smallest absolute Gasteiger partial charge is 0.313 e. The zero-order valence-electron chi connectivity index (χ0n) is 16.0. The third kappa shape index (κ3) is 1.94. The third-order valence-corrected chi connectivity index (χ3v) is 9.33. The van der Waals surface area contributed by atoms with Gasteiger partial charge in [0.1, 0.15) is 6.10 Å². The molecule has 4 fully saturated rings. The van der Waals surface area contributed by atoms with Crippen LogP contribution >= 0.6 is 0 Å². The lowest BCUT2D eigenvalue weighted by Gasteiger charge is -2.57. The van der Waals surface area contributed by atoms with Crippen LogP contribution in [0, 0.1) is 34.5 Å². The minimum Gasteiger partial charge on any atom is -0.462 e. The molecule has 138 valence electrons. The molecular formula is C22H33NO2. The number of hydrogen-bond donors (Lipinski definition) is 1. The van der Waals surface area contributed by atoms with E-state index in [1.165, 1.54) is 44.9 Å². The molecule has 0 amide bonds. The normalized spacial score (nSPS) is 54.0. The van der Waals surface area contributed by atoms with E-state index in [2.05, 4.69) is 32.3 Å². The fraction of sp³-hybridized carbons (Fsp3) is 0.864. The van der Waals surface area contributed by atoms with Gasteiger partial charge in [0, 0.05) is 12.0 Å². The van der Waals surface area contributed by atoms with Crippen LogP contribution in [0.5, 0.6) is 0 Å². The van der Waals surface area contributed by atoms with Gasteiger partial charge in [-0.3, -0.25) is 4.79 Å². The highest BCUT2D eigenvalue weighted by atomic mass is 16.6. The number of fused-ring (bicyclic) bond motifs is 4. The average molecular weight is 344 g/mol. The Morgan fingerprint density at radius 3 is 2.72 bits per heavy atom. The fourth-order valence-electron chi connectivity index (χ4n) is 8.04. The zero-order valence-corrected chi connectivity index (χ0v) is 16.0. The summed E-state index contributed by atoms with van der Waals surface area (Å²) in [5.41, 5.74) is 1.97. The summed E-state index contributed by atoms with van der Waals surface area (Å²) in [5.74, 6) is 2.71. The van der Waals surface area contributed by atoms with Crippen LogP contribution in [0.15, 0.2) is 11.6 Å². The summed E-state index contributed by atoms with van der Waals surface area (Å²) in [7, 11) is 2.11. The van der Waals surface area contributed by atoms with Crippen LogP contribution in [0.4, 0.5) is 0 Å². The van der Waals surface area contributed by atoms with Gasteiger partial charge in [-0.25, -0.2) is 0 Å². The molecule has 0 bridgehead atoms. The van der Waals surface area contributed by atoms with E-state index in [0.717, 1.165) is 12.3 Å². The van der Waals surface area contributed by atoms with Crippen LogP contribution in [-0.2, 0) is 9.53 Å². The molecule has 1 spiro atoms. The number of esters is 1. The largest absolute Gasteiger partial charge is 0.462 e. The lowest BCUT2D eigenvalue weighted by molar-refractivity contribution is -0.156. The van der Waals surface area contributed by atoms with E-state index in [-0.39, 0.29) is 17.5 Å². The van der Waals surface area contributed by atoms with Crippen molar-refractivity contribution >= 4 is 5.97 Å². The molecule has 3 nitrogen and oxygen atoms in total. The average Bonchev–Trinajstić information content (AvgIpc) is 3.11. The number of nitrogens with one attached hydrogen (secondary N) is 1. The van der Waals surface area contributed by atoms with Crippen LogP contribution in [-0.4, -0.2) is 25.2 Å². The number of carbonyl (C=O) groups is 1. The van der Waals surface area contributed by atoms with Crippen molar-refractivity contribution in [2.24, 2.45) is 34.5 Å². The zero-order chi connectivity index (χ0) is 17.4. The van der Waals surface area contributed by atoms with Gasteiger partial charge in [0.15, 0.2) is 0 Å². The Hall–Kier alpha value is -0.830. The fourth-order valence-corrected chi connectivity index (χ4v) is 8.04. The van der Waals surface area contributed by atoms with Crippen molar-refractivity contribution in [2.75, 3.05) is 7.05 Å². The summed E-state index contributed by atoms with van der Waals surface area (Å²) in [4.78, 5) is 12.9. The Morgan fingerprint density at radius 1 is 1.12 bits per heavy atom. The Kier molecular flexibility index (Phi) is 3.49. The van der Waals surface area contributed by atoms with Gasteiger partial charge in [0.25, 0.3) is 0 Å². The monoisotopic (exact) mass is 343 g/mol. The summed E-state index contributed by atoms with van der Waals surface area (Å²) in [6, 6.07) is 0.660. The highest BCUT2D eigenvalue weighted by molar-refractivity contribution is 5.81. The second-order valence-electron chi connectivity index (χ2n) is 9.86. The second kappa shape index (κ2) is 5.34. The number of ether oxygens (including phenoxy) is 1. The molecule has 3 heteroatoms. The van der Waals surface area contributed by atoms with E-state index in [1.807, 2.05) is 0 Å². The minimum absolute atomic E-state index is 0.121. The van der Waals surface area contributed by atoms with Gasteiger partial charge in [-0.2, -0.15) is 0 Å². The molecule has 8 atom stereocenters. The molecule has 0 unspecified atom stereocenters. The molecule has 1 heterocycles. The van der Waals surface area contributed by atoms with Crippen molar-refractivity contribution in [2.45, 2.75) is 77.4 Å². The van der Waals surface area contributed by atoms with Crippen LogP contribution < -0.4 is 5.32 Å². The molecule has 1 aliphatic heterocycles. The van der Waals surface area contributed by atoms with E-state index in [9.17, 15) is 4.79 Å². The van der Waals surface area contributed by atoms with E-state index in [4.69, 9.17) is 4.74 Å². The van der Waals surface area contributed by atoms with Crippen molar-refractivity contribution < 1.29 is 9.53 Å². The van der Waals surface area contributed by atoms with Crippen molar-refractivity contribution in [3.8, 4) is 0 Å². The standard InChI is InChI=1S/C22H33NO2/c1-13-17-6-7-19-16-5-4-14-12-15(23-3)8-10-21(14,2)18(16)9-11-22(17,19)20(24)25-13/h4,13,15-19,23H,5-12H2,1-3H3/t13-,15+,16+,17+,18-,19-,21-,22-/m0/s1. The SMILES string of the molecule is CN[C@@H]1CC[C@@]2(C)C(=CC[C@H]3[C@@H]4CC[C@@H]5[C@H](C)OC(=O)[C@@]54CC[C@@H]32)C1. The quantitative estimate of drug-likeness (QED) is 0.576. The summed E-state index contributed by atoms with van der Waals surface area (Å²) in [6.45, 7) is 4.67. The molecule has 0 aromatic heterocycles. The van der Waals surface area contributed by atoms with Crippen molar-refractivity contribution in [1.82, 2.24) is 5.32 Å². The number of allylic oxidation sites excluding steroid dienone is 1. The number of carbonyl (C=O) groups excluding carboxylic acids is 1. The molecule has 0 aromatic rings. The first-order valence-electron chi connectivity index (χ1n) is 10.6. The summed E-state index contributed by atoms with van der Waals surface area (Å²) < 4.78 is 5.77. The Labute approximate surface area is 152 Å². The molecule has 1 N–H and O–H groups in total. The molecule has 5 rings (SSSR count).